The predicted octanol–water partition coefficient (Wildman–Crippen LogP) is 2.90. The number of rotatable bonds is 4. The molecule has 2 N–H and O–H groups in total. The van der Waals surface area contributed by atoms with E-state index in [1.54, 1.807) is 36.4 Å². The predicted molar refractivity (Wildman–Crippen MR) is 75.1 cm³/mol. The van der Waals surface area contributed by atoms with Gasteiger partial charge in [-0.1, -0.05) is 35.9 Å². The number of carbonyl (C=O) groups excluding carboxylic acids is 1. The lowest BCUT2D eigenvalue weighted by atomic mass is 10.1. The molecule has 0 atom stereocenters. The van der Waals surface area contributed by atoms with Gasteiger partial charge in [-0.25, -0.2) is 0 Å². The molecule has 0 radical (unpaired) electrons. The first kappa shape index (κ1) is 13.4. The Morgan fingerprint density at radius 3 is 2.53 bits per heavy atom. The maximum Gasteiger partial charge on any atom is 0.224 e. The molecule has 0 unspecified atom stereocenters. The molecule has 0 saturated carbocycles. The number of halogens is 1. The maximum atomic E-state index is 11.8. The summed E-state index contributed by atoms with van der Waals surface area (Å²) < 4.78 is 0. The summed E-state index contributed by atoms with van der Waals surface area (Å²) in [7, 11) is 0. The van der Waals surface area contributed by atoms with Crippen LogP contribution in [0.15, 0.2) is 48.5 Å². The van der Waals surface area contributed by atoms with Crippen LogP contribution in [0, 0.1) is 0 Å². The molecule has 3 nitrogen and oxygen atoms in total. The number of carbonyl (C=O) groups is 1. The molecule has 0 heterocycles. The van der Waals surface area contributed by atoms with E-state index in [1.807, 2.05) is 12.1 Å². The van der Waals surface area contributed by atoms with Crippen molar-refractivity contribution in [3.63, 3.8) is 0 Å². The molecule has 0 aliphatic carbocycles. The molecule has 0 spiro atoms. The molecule has 19 heavy (non-hydrogen) atoms. The van der Waals surface area contributed by atoms with Crippen LogP contribution < -0.4 is 5.32 Å². The molecule has 2 rings (SSSR count). The summed E-state index contributed by atoms with van der Waals surface area (Å²) in [5.41, 5.74) is 1.83. The number of aromatic hydroxyl groups is 1. The van der Waals surface area contributed by atoms with Crippen LogP contribution in [0.3, 0.4) is 0 Å². The lowest BCUT2D eigenvalue weighted by Gasteiger charge is -2.06. The molecule has 98 valence electrons. The van der Waals surface area contributed by atoms with Crippen LogP contribution in [0.25, 0.3) is 0 Å². The van der Waals surface area contributed by atoms with E-state index in [1.165, 1.54) is 0 Å². The summed E-state index contributed by atoms with van der Waals surface area (Å²) >= 11 is 5.86. The Hall–Kier alpha value is -2.00. The van der Waals surface area contributed by atoms with Gasteiger partial charge in [-0.05, 0) is 35.4 Å². The number of phenols is 1. The van der Waals surface area contributed by atoms with Crippen molar-refractivity contribution in [3.8, 4) is 5.75 Å². The fraction of sp³-hybridized carbons (Fsp3) is 0.133. The van der Waals surface area contributed by atoms with E-state index in [9.17, 15) is 4.79 Å². The zero-order valence-electron chi connectivity index (χ0n) is 10.3. The molecule has 0 saturated heterocycles. The molecule has 2 aromatic rings. The number of hydrogen-bond acceptors (Lipinski definition) is 2. The van der Waals surface area contributed by atoms with Crippen molar-refractivity contribution in [2.75, 3.05) is 0 Å². The zero-order valence-corrected chi connectivity index (χ0v) is 11.0. The van der Waals surface area contributed by atoms with Crippen molar-refractivity contribution < 1.29 is 9.90 Å². The number of benzene rings is 2. The monoisotopic (exact) mass is 275 g/mol. The summed E-state index contributed by atoms with van der Waals surface area (Å²) in [6, 6.07) is 14.0. The molecule has 0 bridgehead atoms. The first-order valence-electron chi connectivity index (χ1n) is 5.92. The minimum atomic E-state index is -0.0599. The standard InChI is InChI=1S/C15H14ClNO2/c16-13-3-1-2-12(8-13)9-15(19)17-10-11-4-6-14(18)7-5-11/h1-8,18H,9-10H2,(H,17,19). The van der Waals surface area contributed by atoms with Gasteiger partial charge in [0.05, 0.1) is 6.42 Å². The van der Waals surface area contributed by atoms with Crippen LogP contribution >= 0.6 is 11.6 Å². The van der Waals surface area contributed by atoms with Gasteiger partial charge in [0.15, 0.2) is 0 Å². The lowest BCUT2D eigenvalue weighted by molar-refractivity contribution is -0.120. The Labute approximate surface area is 116 Å². The Morgan fingerprint density at radius 1 is 1.11 bits per heavy atom. The fourth-order valence-corrected chi connectivity index (χ4v) is 1.92. The Bertz CT molecular complexity index is 567. The van der Waals surface area contributed by atoms with E-state index in [2.05, 4.69) is 5.32 Å². The number of phenolic OH excluding ortho intramolecular Hbond substituents is 1. The van der Waals surface area contributed by atoms with Gasteiger partial charge in [0.1, 0.15) is 5.75 Å². The van der Waals surface area contributed by atoms with Crippen molar-refractivity contribution in [3.05, 3.63) is 64.7 Å². The first-order chi connectivity index (χ1) is 9.13. The second-order valence-electron chi connectivity index (χ2n) is 4.25. The van der Waals surface area contributed by atoms with E-state index in [0.717, 1.165) is 11.1 Å². The Kier molecular flexibility index (Phi) is 4.42. The van der Waals surface area contributed by atoms with Crippen molar-refractivity contribution in [1.29, 1.82) is 0 Å². The third-order valence-corrected chi connectivity index (χ3v) is 2.91. The maximum absolute atomic E-state index is 11.8. The molecular formula is C15H14ClNO2. The number of nitrogens with one attached hydrogen (secondary N) is 1. The van der Waals surface area contributed by atoms with Gasteiger partial charge in [0, 0.05) is 11.6 Å². The topological polar surface area (TPSA) is 49.3 Å². The average molecular weight is 276 g/mol. The van der Waals surface area contributed by atoms with Crippen LogP contribution in [0.1, 0.15) is 11.1 Å². The SMILES string of the molecule is O=C(Cc1cccc(Cl)c1)NCc1ccc(O)cc1. The summed E-state index contributed by atoms with van der Waals surface area (Å²) in [5.74, 6) is 0.157. The van der Waals surface area contributed by atoms with Crippen molar-refractivity contribution >= 4 is 17.5 Å². The third-order valence-electron chi connectivity index (χ3n) is 2.68. The van der Waals surface area contributed by atoms with Crippen molar-refractivity contribution in [2.24, 2.45) is 0 Å². The molecule has 0 aliphatic rings. The second kappa shape index (κ2) is 6.25. The van der Waals surface area contributed by atoms with Gasteiger partial charge >= 0.3 is 0 Å². The van der Waals surface area contributed by atoms with Crippen molar-refractivity contribution in [1.82, 2.24) is 5.32 Å². The second-order valence-corrected chi connectivity index (χ2v) is 4.69. The van der Waals surface area contributed by atoms with Gasteiger partial charge in [0.25, 0.3) is 0 Å². The average Bonchev–Trinajstić information content (AvgIpc) is 2.38. The van der Waals surface area contributed by atoms with Crippen LogP contribution in [-0.4, -0.2) is 11.0 Å². The Morgan fingerprint density at radius 2 is 1.84 bits per heavy atom. The first-order valence-corrected chi connectivity index (χ1v) is 6.30. The van der Waals surface area contributed by atoms with E-state index in [4.69, 9.17) is 16.7 Å². The molecule has 2 aromatic carbocycles. The Balaban J connectivity index is 1.86. The molecule has 0 aliphatic heterocycles. The van der Waals surface area contributed by atoms with Crippen LogP contribution in [0.2, 0.25) is 5.02 Å². The van der Waals surface area contributed by atoms with Crippen LogP contribution in [0.5, 0.6) is 5.75 Å². The minimum Gasteiger partial charge on any atom is -0.508 e. The molecular weight excluding hydrogens is 262 g/mol. The summed E-state index contributed by atoms with van der Waals surface area (Å²) in [5, 5.41) is 12.6. The smallest absolute Gasteiger partial charge is 0.224 e. The lowest BCUT2D eigenvalue weighted by Crippen LogP contribution is -2.24. The normalized spacial score (nSPS) is 10.2. The summed E-state index contributed by atoms with van der Waals surface area (Å²) in [6.45, 7) is 0.444. The fourth-order valence-electron chi connectivity index (χ4n) is 1.71. The highest BCUT2D eigenvalue weighted by Crippen LogP contribution is 2.11. The number of amides is 1. The van der Waals surface area contributed by atoms with Crippen molar-refractivity contribution in [2.45, 2.75) is 13.0 Å². The van der Waals surface area contributed by atoms with Gasteiger partial charge in [-0.2, -0.15) is 0 Å². The van der Waals surface area contributed by atoms with Gasteiger partial charge in [-0.15, -0.1) is 0 Å². The molecule has 0 aromatic heterocycles. The van der Waals surface area contributed by atoms with E-state index >= 15 is 0 Å². The van der Waals surface area contributed by atoms with E-state index in [0.29, 0.717) is 18.0 Å². The van der Waals surface area contributed by atoms with Crippen LogP contribution in [0.4, 0.5) is 0 Å². The van der Waals surface area contributed by atoms with E-state index in [-0.39, 0.29) is 11.7 Å². The summed E-state index contributed by atoms with van der Waals surface area (Å²) in [4.78, 5) is 11.8. The molecule has 0 fully saturated rings. The van der Waals surface area contributed by atoms with Gasteiger partial charge < -0.3 is 10.4 Å². The van der Waals surface area contributed by atoms with Gasteiger partial charge in [0.2, 0.25) is 5.91 Å². The van der Waals surface area contributed by atoms with E-state index < -0.39 is 0 Å². The number of hydrogen-bond donors (Lipinski definition) is 2. The third kappa shape index (κ3) is 4.30. The molecule has 1 amide bonds. The largest absolute Gasteiger partial charge is 0.508 e. The quantitative estimate of drug-likeness (QED) is 0.901. The summed E-state index contributed by atoms with van der Waals surface area (Å²) in [6.07, 6.45) is 0.304. The molecule has 4 heteroatoms. The minimum absolute atomic E-state index is 0.0599. The highest BCUT2D eigenvalue weighted by Gasteiger charge is 2.03. The highest BCUT2D eigenvalue weighted by atomic mass is 35.5. The highest BCUT2D eigenvalue weighted by molar-refractivity contribution is 6.30. The zero-order chi connectivity index (χ0) is 13.7. The van der Waals surface area contributed by atoms with Crippen LogP contribution in [-0.2, 0) is 17.8 Å². The van der Waals surface area contributed by atoms with Gasteiger partial charge in [-0.3, -0.25) is 4.79 Å².